The van der Waals surface area contributed by atoms with Gasteiger partial charge in [0.25, 0.3) is 5.91 Å². The molecule has 2 heterocycles. The molecule has 0 radical (unpaired) electrons. The first-order valence-electron chi connectivity index (χ1n) is 10.1. The minimum absolute atomic E-state index is 0.0468. The molecule has 0 saturated carbocycles. The molecule has 2 aliphatic rings. The zero-order valence-electron chi connectivity index (χ0n) is 16.4. The van der Waals surface area contributed by atoms with Crippen molar-refractivity contribution < 1.29 is 13.2 Å². The van der Waals surface area contributed by atoms with Crippen LogP contribution in [0.25, 0.3) is 0 Å². The maximum Gasteiger partial charge on any atom is 0.254 e. The summed E-state index contributed by atoms with van der Waals surface area (Å²) in [5.41, 5.74) is 0.476. The molecule has 1 atom stereocenters. The van der Waals surface area contributed by atoms with Gasteiger partial charge in [-0.1, -0.05) is 19.9 Å². The van der Waals surface area contributed by atoms with E-state index in [4.69, 9.17) is 0 Å². The lowest BCUT2D eigenvalue weighted by molar-refractivity contribution is 0.0608. The van der Waals surface area contributed by atoms with Crippen LogP contribution < -0.4 is 0 Å². The smallest absolute Gasteiger partial charge is 0.254 e. The lowest BCUT2D eigenvalue weighted by atomic mass is 9.99. The predicted molar refractivity (Wildman–Crippen MR) is 106 cm³/mol. The first-order valence-corrected chi connectivity index (χ1v) is 11.5. The summed E-state index contributed by atoms with van der Waals surface area (Å²) >= 11 is 0. The fourth-order valence-electron chi connectivity index (χ4n) is 4.08. The molecule has 1 aromatic carbocycles. The van der Waals surface area contributed by atoms with Gasteiger partial charge in [-0.15, -0.1) is 0 Å². The monoisotopic (exact) mass is 393 g/mol. The van der Waals surface area contributed by atoms with Crippen LogP contribution in [-0.2, 0) is 10.0 Å². The van der Waals surface area contributed by atoms with Gasteiger partial charge in [-0.05, 0) is 50.4 Å². The summed E-state index contributed by atoms with van der Waals surface area (Å²) in [6.07, 6.45) is 4.13. The Balaban J connectivity index is 1.79. The molecule has 3 rings (SSSR count). The molecule has 2 aliphatic heterocycles. The average Bonchev–Trinajstić information content (AvgIpc) is 2.73. The lowest BCUT2D eigenvalue weighted by Crippen LogP contribution is -2.48. The predicted octanol–water partition coefficient (Wildman–Crippen LogP) is 2.42. The van der Waals surface area contributed by atoms with Crippen molar-refractivity contribution in [2.45, 2.75) is 50.5 Å². The number of likely N-dealkylation sites (tertiary alicyclic amines) is 1. The number of benzene rings is 1. The van der Waals surface area contributed by atoms with Crippen molar-refractivity contribution in [3.05, 3.63) is 29.8 Å². The van der Waals surface area contributed by atoms with E-state index in [-0.39, 0.29) is 16.8 Å². The highest BCUT2D eigenvalue weighted by Gasteiger charge is 2.30. The van der Waals surface area contributed by atoms with Crippen LogP contribution in [0.3, 0.4) is 0 Å². The standard InChI is InChI=1S/C20H31N3O3S/c1-3-18-9-5-6-11-23(18)20(24)17-8-7-10-19(16-17)27(25,26)22-14-12-21(4-2)13-15-22/h7-8,10,16,18H,3-6,9,11-15H2,1-2H3. The number of nitrogens with zero attached hydrogens (tertiary/aromatic N) is 3. The van der Waals surface area contributed by atoms with E-state index in [0.717, 1.165) is 51.9 Å². The molecule has 27 heavy (non-hydrogen) atoms. The maximum atomic E-state index is 13.0. The van der Waals surface area contributed by atoms with Crippen molar-refractivity contribution in [3.63, 3.8) is 0 Å². The lowest BCUT2D eigenvalue weighted by Gasteiger charge is -2.35. The Bertz CT molecular complexity index is 757. The number of sulfonamides is 1. The van der Waals surface area contributed by atoms with E-state index >= 15 is 0 Å². The zero-order valence-corrected chi connectivity index (χ0v) is 17.2. The van der Waals surface area contributed by atoms with Gasteiger partial charge in [-0.2, -0.15) is 4.31 Å². The van der Waals surface area contributed by atoms with Crippen molar-refractivity contribution >= 4 is 15.9 Å². The molecule has 0 spiro atoms. The largest absolute Gasteiger partial charge is 0.336 e. The van der Waals surface area contributed by atoms with E-state index in [9.17, 15) is 13.2 Å². The van der Waals surface area contributed by atoms with Crippen LogP contribution in [0.5, 0.6) is 0 Å². The van der Waals surface area contributed by atoms with E-state index < -0.39 is 10.0 Å². The Morgan fingerprint density at radius 3 is 2.48 bits per heavy atom. The van der Waals surface area contributed by atoms with Crippen molar-refractivity contribution in [1.29, 1.82) is 0 Å². The van der Waals surface area contributed by atoms with Gasteiger partial charge in [-0.25, -0.2) is 8.42 Å². The van der Waals surface area contributed by atoms with Crippen molar-refractivity contribution in [2.24, 2.45) is 0 Å². The summed E-state index contributed by atoms with van der Waals surface area (Å²) in [7, 11) is -3.56. The van der Waals surface area contributed by atoms with Crippen LogP contribution in [0.15, 0.2) is 29.2 Å². The zero-order chi connectivity index (χ0) is 19.4. The second-order valence-corrected chi connectivity index (χ2v) is 9.36. The molecule has 1 amide bonds. The van der Waals surface area contributed by atoms with Crippen LogP contribution in [-0.4, -0.2) is 73.7 Å². The van der Waals surface area contributed by atoms with Crippen LogP contribution in [0.1, 0.15) is 49.9 Å². The van der Waals surface area contributed by atoms with Gasteiger partial charge in [0.05, 0.1) is 4.90 Å². The number of hydrogen-bond acceptors (Lipinski definition) is 4. The van der Waals surface area contributed by atoms with Crippen LogP contribution >= 0.6 is 0 Å². The fraction of sp³-hybridized carbons (Fsp3) is 0.650. The number of piperidine rings is 1. The van der Waals surface area contributed by atoms with Gasteiger partial charge in [-0.3, -0.25) is 4.79 Å². The summed E-state index contributed by atoms with van der Waals surface area (Å²) in [5, 5.41) is 0. The van der Waals surface area contributed by atoms with Crippen LogP contribution in [0, 0.1) is 0 Å². The van der Waals surface area contributed by atoms with Crippen LogP contribution in [0.2, 0.25) is 0 Å². The van der Waals surface area contributed by atoms with Gasteiger partial charge in [0, 0.05) is 44.3 Å². The quantitative estimate of drug-likeness (QED) is 0.771. The fourth-order valence-corrected chi connectivity index (χ4v) is 5.55. The Hall–Kier alpha value is -1.44. The highest BCUT2D eigenvalue weighted by atomic mass is 32.2. The highest BCUT2D eigenvalue weighted by Crippen LogP contribution is 2.24. The number of amides is 1. The Morgan fingerprint density at radius 2 is 1.81 bits per heavy atom. The molecule has 0 bridgehead atoms. The first-order chi connectivity index (χ1) is 13.0. The summed E-state index contributed by atoms with van der Waals surface area (Å²) in [5.74, 6) is -0.0468. The molecule has 0 aromatic heterocycles. The molecule has 2 saturated heterocycles. The third-order valence-corrected chi connectivity index (χ3v) is 7.75. The third-order valence-electron chi connectivity index (χ3n) is 5.86. The van der Waals surface area contributed by atoms with E-state index in [1.54, 1.807) is 28.6 Å². The molecular formula is C20H31N3O3S. The Kier molecular flexibility index (Phi) is 6.55. The van der Waals surface area contributed by atoms with Gasteiger partial charge in [0.15, 0.2) is 0 Å². The van der Waals surface area contributed by atoms with E-state index in [0.29, 0.717) is 18.7 Å². The maximum absolute atomic E-state index is 13.0. The first kappa shape index (κ1) is 20.3. The van der Waals surface area contributed by atoms with Crippen molar-refractivity contribution in [3.8, 4) is 0 Å². The van der Waals surface area contributed by atoms with Gasteiger partial charge in [0.2, 0.25) is 10.0 Å². The average molecular weight is 394 g/mol. The summed E-state index contributed by atoms with van der Waals surface area (Å²) < 4.78 is 27.6. The number of carbonyl (C=O) groups is 1. The molecule has 7 heteroatoms. The van der Waals surface area contributed by atoms with E-state index in [1.807, 2.05) is 4.90 Å². The molecular weight excluding hydrogens is 362 g/mol. The highest BCUT2D eigenvalue weighted by molar-refractivity contribution is 7.89. The summed E-state index contributed by atoms with van der Waals surface area (Å²) in [6, 6.07) is 6.84. The minimum atomic E-state index is -3.56. The topological polar surface area (TPSA) is 60.9 Å². The Morgan fingerprint density at radius 1 is 1.07 bits per heavy atom. The molecule has 0 aliphatic carbocycles. The molecule has 6 nitrogen and oxygen atoms in total. The van der Waals surface area contributed by atoms with Crippen molar-refractivity contribution in [1.82, 2.24) is 14.1 Å². The Labute approximate surface area is 163 Å². The number of piperazine rings is 1. The second kappa shape index (κ2) is 8.71. The SMILES string of the molecule is CCC1CCCCN1C(=O)c1cccc(S(=O)(=O)N2CCN(CC)CC2)c1. The molecule has 0 N–H and O–H groups in total. The van der Waals surface area contributed by atoms with Crippen LogP contribution in [0.4, 0.5) is 0 Å². The molecule has 2 fully saturated rings. The molecule has 1 unspecified atom stereocenters. The molecule has 1 aromatic rings. The number of hydrogen-bond donors (Lipinski definition) is 0. The van der Waals surface area contributed by atoms with Gasteiger partial charge in [0.1, 0.15) is 0 Å². The number of carbonyl (C=O) groups excluding carboxylic acids is 1. The third kappa shape index (κ3) is 4.36. The van der Waals surface area contributed by atoms with Gasteiger partial charge < -0.3 is 9.80 Å². The minimum Gasteiger partial charge on any atom is -0.336 e. The number of rotatable bonds is 5. The molecule has 150 valence electrons. The second-order valence-electron chi connectivity index (χ2n) is 7.42. The summed E-state index contributed by atoms with van der Waals surface area (Å²) in [4.78, 5) is 17.4. The van der Waals surface area contributed by atoms with Crippen molar-refractivity contribution in [2.75, 3.05) is 39.3 Å². The van der Waals surface area contributed by atoms with E-state index in [1.165, 1.54) is 0 Å². The summed E-state index contributed by atoms with van der Waals surface area (Å²) in [6.45, 7) is 8.38. The van der Waals surface area contributed by atoms with E-state index in [2.05, 4.69) is 18.7 Å². The number of likely N-dealkylation sites (N-methyl/N-ethyl adjacent to an activating group) is 1. The van der Waals surface area contributed by atoms with Gasteiger partial charge >= 0.3 is 0 Å². The normalized spacial score (nSPS) is 22.7.